The van der Waals surface area contributed by atoms with Crippen LogP contribution in [0, 0.1) is 18.6 Å². The van der Waals surface area contributed by atoms with E-state index in [1.165, 1.54) is 18.2 Å². The summed E-state index contributed by atoms with van der Waals surface area (Å²) in [6.07, 6.45) is 1.83. The van der Waals surface area contributed by atoms with E-state index in [4.69, 9.17) is 9.26 Å². The van der Waals surface area contributed by atoms with Crippen molar-refractivity contribution < 1.29 is 18.0 Å². The number of halogens is 2. The summed E-state index contributed by atoms with van der Waals surface area (Å²) in [5, 5.41) is 4.06. The van der Waals surface area contributed by atoms with Crippen LogP contribution < -0.4 is 0 Å². The summed E-state index contributed by atoms with van der Waals surface area (Å²) in [5.74, 6) is 0.428. The van der Waals surface area contributed by atoms with Crippen LogP contribution in [0.5, 0.6) is 0 Å². The standard InChI is InChI=1S/C22H23F2N3O2/c1-15-12-17(4-7-20(15)24)22-25-21(29-26-22)14-27(19-8-10-28-11-9-19)13-16-2-5-18(23)6-3-16/h2-7,12,19H,8-11,13-14H2,1H3. The van der Waals surface area contributed by atoms with Crippen LogP contribution in [-0.4, -0.2) is 34.3 Å². The fourth-order valence-corrected chi connectivity index (χ4v) is 3.58. The van der Waals surface area contributed by atoms with E-state index in [2.05, 4.69) is 15.0 Å². The predicted molar refractivity (Wildman–Crippen MR) is 104 cm³/mol. The molecule has 0 aliphatic carbocycles. The minimum atomic E-state index is -0.262. The number of ether oxygens (including phenoxy) is 1. The average Bonchev–Trinajstić information content (AvgIpc) is 3.20. The summed E-state index contributed by atoms with van der Waals surface area (Å²) >= 11 is 0. The molecule has 0 saturated carbocycles. The highest BCUT2D eigenvalue weighted by atomic mass is 19.1. The van der Waals surface area contributed by atoms with E-state index in [0.717, 1.165) is 24.0 Å². The Balaban J connectivity index is 1.53. The fourth-order valence-electron chi connectivity index (χ4n) is 3.58. The number of aromatic nitrogens is 2. The van der Waals surface area contributed by atoms with Gasteiger partial charge in [-0.25, -0.2) is 8.78 Å². The first-order valence-electron chi connectivity index (χ1n) is 9.74. The van der Waals surface area contributed by atoms with Crippen molar-refractivity contribution in [3.63, 3.8) is 0 Å². The number of hydrogen-bond acceptors (Lipinski definition) is 5. The van der Waals surface area contributed by atoms with Crippen LogP contribution in [0.15, 0.2) is 47.0 Å². The molecule has 1 aliphatic rings. The maximum absolute atomic E-state index is 13.5. The van der Waals surface area contributed by atoms with E-state index in [-0.39, 0.29) is 11.6 Å². The molecule has 0 unspecified atom stereocenters. The Morgan fingerprint density at radius 3 is 2.52 bits per heavy atom. The molecule has 0 radical (unpaired) electrons. The molecular weight excluding hydrogens is 376 g/mol. The summed E-state index contributed by atoms with van der Waals surface area (Å²) in [5.41, 5.74) is 2.27. The van der Waals surface area contributed by atoms with E-state index in [1.807, 2.05) is 0 Å². The molecule has 1 fully saturated rings. The van der Waals surface area contributed by atoms with Gasteiger partial charge in [-0.2, -0.15) is 4.98 Å². The van der Waals surface area contributed by atoms with Crippen molar-refractivity contribution in [2.24, 2.45) is 0 Å². The number of benzene rings is 2. The van der Waals surface area contributed by atoms with E-state index >= 15 is 0 Å². The molecule has 29 heavy (non-hydrogen) atoms. The number of rotatable bonds is 6. The molecule has 1 saturated heterocycles. The van der Waals surface area contributed by atoms with Crippen molar-refractivity contribution in [3.05, 3.63) is 71.1 Å². The van der Waals surface area contributed by atoms with Crippen LogP contribution in [0.3, 0.4) is 0 Å². The molecule has 0 atom stereocenters. The molecule has 5 nitrogen and oxygen atoms in total. The highest BCUT2D eigenvalue weighted by Gasteiger charge is 2.24. The maximum Gasteiger partial charge on any atom is 0.241 e. The van der Waals surface area contributed by atoms with Gasteiger partial charge in [-0.05, 0) is 61.2 Å². The molecule has 2 aromatic carbocycles. The van der Waals surface area contributed by atoms with Crippen LogP contribution in [-0.2, 0) is 17.8 Å². The fraction of sp³-hybridized carbons (Fsp3) is 0.364. The van der Waals surface area contributed by atoms with Gasteiger partial charge in [0.1, 0.15) is 11.6 Å². The van der Waals surface area contributed by atoms with Crippen LogP contribution in [0.2, 0.25) is 0 Å². The van der Waals surface area contributed by atoms with Gasteiger partial charge in [-0.3, -0.25) is 4.90 Å². The Morgan fingerprint density at radius 2 is 1.79 bits per heavy atom. The topological polar surface area (TPSA) is 51.4 Å². The van der Waals surface area contributed by atoms with Gasteiger partial charge in [-0.15, -0.1) is 0 Å². The van der Waals surface area contributed by atoms with Gasteiger partial charge < -0.3 is 9.26 Å². The van der Waals surface area contributed by atoms with Crippen molar-refractivity contribution in [3.8, 4) is 11.4 Å². The molecular formula is C22H23F2N3O2. The lowest BCUT2D eigenvalue weighted by Crippen LogP contribution is -2.38. The zero-order valence-electron chi connectivity index (χ0n) is 16.3. The molecule has 2 heterocycles. The monoisotopic (exact) mass is 399 g/mol. The lowest BCUT2D eigenvalue weighted by atomic mass is 10.1. The number of aryl methyl sites for hydroxylation is 1. The Kier molecular flexibility index (Phi) is 5.97. The molecule has 0 N–H and O–H groups in total. The molecule has 152 valence electrons. The van der Waals surface area contributed by atoms with Gasteiger partial charge >= 0.3 is 0 Å². The third kappa shape index (κ3) is 4.86. The van der Waals surface area contributed by atoms with Crippen molar-refractivity contribution in [1.29, 1.82) is 0 Å². The van der Waals surface area contributed by atoms with E-state index < -0.39 is 0 Å². The Labute approximate surface area is 168 Å². The highest BCUT2D eigenvalue weighted by molar-refractivity contribution is 5.55. The summed E-state index contributed by atoms with van der Waals surface area (Å²) < 4.78 is 37.8. The van der Waals surface area contributed by atoms with Gasteiger partial charge in [0.05, 0.1) is 6.54 Å². The summed E-state index contributed by atoms with van der Waals surface area (Å²) in [7, 11) is 0. The van der Waals surface area contributed by atoms with Crippen LogP contribution in [0.25, 0.3) is 11.4 Å². The SMILES string of the molecule is Cc1cc(-c2noc(CN(Cc3ccc(F)cc3)C3CCOCC3)n2)ccc1F. The molecule has 1 aliphatic heterocycles. The van der Waals surface area contributed by atoms with Gasteiger partial charge in [0.15, 0.2) is 0 Å². The number of hydrogen-bond donors (Lipinski definition) is 0. The Hall–Kier alpha value is -2.64. The summed E-state index contributed by atoms with van der Waals surface area (Å²) in [6.45, 7) is 4.27. The highest BCUT2D eigenvalue weighted by Crippen LogP contribution is 2.23. The third-order valence-corrected chi connectivity index (χ3v) is 5.23. The molecule has 0 amide bonds. The lowest BCUT2D eigenvalue weighted by molar-refractivity contribution is 0.0239. The second-order valence-electron chi connectivity index (χ2n) is 7.35. The van der Waals surface area contributed by atoms with Crippen LogP contribution in [0.4, 0.5) is 8.78 Å². The second-order valence-corrected chi connectivity index (χ2v) is 7.35. The predicted octanol–water partition coefficient (Wildman–Crippen LogP) is 4.50. The molecule has 4 rings (SSSR count). The van der Waals surface area contributed by atoms with Crippen molar-refractivity contribution >= 4 is 0 Å². The van der Waals surface area contributed by atoms with E-state index in [1.54, 1.807) is 31.2 Å². The van der Waals surface area contributed by atoms with Crippen LogP contribution in [0.1, 0.15) is 29.9 Å². The van der Waals surface area contributed by atoms with Gasteiger partial charge in [0.2, 0.25) is 11.7 Å². The quantitative estimate of drug-likeness (QED) is 0.611. The second kappa shape index (κ2) is 8.80. The normalized spacial score (nSPS) is 15.2. The van der Waals surface area contributed by atoms with E-state index in [0.29, 0.717) is 49.6 Å². The van der Waals surface area contributed by atoms with Gasteiger partial charge in [0, 0.05) is 31.4 Å². The van der Waals surface area contributed by atoms with Crippen molar-refractivity contribution in [2.45, 2.75) is 38.9 Å². The minimum absolute atomic E-state index is 0.248. The lowest BCUT2D eigenvalue weighted by Gasteiger charge is -2.33. The largest absolute Gasteiger partial charge is 0.381 e. The minimum Gasteiger partial charge on any atom is -0.381 e. The van der Waals surface area contributed by atoms with Crippen molar-refractivity contribution in [2.75, 3.05) is 13.2 Å². The third-order valence-electron chi connectivity index (χ3n) is 5.23. The first-order chi connectivity index (χ1) is 14.1. The molecule has 7 heteroatoms. The van der Waals surface area contributed by atoms with Gasteiger partial charge in [0.25, 0.3) is 0 Å². The Morgan fingerprint density at radius 1 is 1.03 bits per heavy atom. The molecule has 0 bridgehead atoms. The van der Waals surface area contributed by atoms with Crippen molar-refractivity contribution in [1.82, 2.24) is 15.0 Å². The van der Waals surface area contributed by atoms with Gasteiger partial charge in [-0.1, -0.05) is 17.3 Å². The zero-order chi connectivity index (χ0) is 20.2. The zero-order valence-corrected chi connectivity index (χ0v) is 16.3. The first-order valence-corrected chi connectivity index (χ1v) is 9.74. The smallest absolute Gasteiger partial charge is 0.241 e. The number of nitrogens with zero attached hydrogens (tertiary/aromatic N) is 3. The first kappa shape index (κ1) is 19.7. The molecule has 0 spiro atoms. The van der Waals surface area contributed by atoms with Crippen LogP contribution >= 0.6 is 0 Å². The molecule has 1 aromatic heterocycles. The Bertz CT molecular complexity index is 953. The summed E-state index contributed by atoms with van der Waals surface area (Å²) in [4.78, 5) is 6.78. The molecule has 3 aromatic rings. The summed E-state index contributed by atoms with van der Waals surface area (Å²) in [6, 6.07) is 11.6. The van der Waals surface area contributed by atoms with E-state index in [9.17, 15) is 8.78 Å². The maximum atomic E-state index is 13.5. The average molecular weight is 399 g/mol.